The molecule has 1 spiro atoms. The largest absolute Gasteiger partial charge is 0.461 e. The Morgan fingerprint density at radius 3 is 2.70 bits per heavy atom. The highest BCUT2D eigenvalue weighted by atomic mass is 32.2. The Balaban J connectivity index is 1.58. The van der Waals surface area contributed by atoms with Gasteiger partial charge in [0.05, 0.1) is 6.10 Å². The Morgan fingerprint density at radius 1 is 1.25 bits per heavy atom. The molecule has 3 atom stereocenters. The lowest BCUT2D eigenvalue weighted by molar-refractivity contribution is -0.210. The first-order valence-electron chi connectivity index (χ1n) is 7.78. The van der Waals surface area contributed by atoms with E-state index in [9.17, 15) is 4.79 Å². The van der Waals surface area contributed by atoms with E-state index < -0.39 is 0 Å². The Labute approximate surface area is 129 Å². The van der Waals surface area contributed by atoms with Gasteiger partial charge in [0.15, 0.2) is 0 Å². The highest BCUT2D eigenvalue weighted by Crippen LogP contribution is 2.56. The first-order valence-corrected chi connectivity index (χ1v) is 9.98. The molecular formula is C15H24O3S2. The van der Waals surface area contributed by atoms with E-state index in [0.717, 1.165) is 30.3 Å². The first kappa shape index (κ1) is 15.0. The highest BCUT2D eigenvalue weighted by Gasteiger charge is 2.59. The van der Waals surface area contributed by atoms with Crippen molar-refractivity contribution in [1.82, 2.24) is 0 Å². The second kappa shape index (κ2) is 6.49. The SMILES string of the molecule is CCO[C@@H]1C[C@H](OC(=O)[C@H]2CSCCS2)C12CCCC2. The molecule has 1 heterocycles. The Hall–Kier alpha value is 0.130. The maximum absolute atomic E-state index is 12.3. The van der Waals surface area contributed by atoms with Crippen molar-refractivity contribution in [3.05, 3.63) is 0 Å². The van der Waals surface area contributed by atoms with Crippen molar-refractivity contribution >= 4 is 29.5 Å². The molecule has 0 bridgehead atoms. The van der Waals surface area contributed by atoms with Crippen LogP contribution in [0.1, 0.15) is 39.0 Å². The van der Waals surface area contributed by atoms with E-state index >= 15 is 0 Å². The minimum absolute atomic E-state index is 0.0217. The predicted octanol–water partition coefficient (Wildman–Crippen LogP) is 3.12. The van der Waals surface area contributed by atoms with Gasteiger partial charge in [0.25, 0.3) is 0 Å². The highest BCUT2D eigenvalue weighted by molar-refractivity contribution is 8.07. The van der Waals surface area contributed by atoms with Gasteiger partial charge in [-0.1, -0.05) is 12.8 Å². The number of rotatable bonds is 4. The Morgan fingerprint density at radius 2 is 2.05 bits per heavy atom. The Kier molecular flexibility index (Phi) is 4.88. The van der Waals surface area contributed by atoms with Crippen molar-refractivity contribution < 1.29 is 14.3 Å². The summed E-state index contributed by atoms with van der Waals surface area (Å²) in [6.45, 7) is 2.82. The van der Waals surface area contributed by atoms with E-state index in [1.165, 1.54) is 25.7 Å². The van der Waals surface area contributed by atoms with E-state index in [4.69, 9.17) is 9.47 Å². The number of thioether (sulfide) groups is 2. The fourth-order valence-electron chi connectivity index (χ4n) is 3.83. The summed E-state index contributed by atoms with van der Waals surface area (Å²) < 4.78 is 11.8. The summed E-state index contributed by atoms with van der Waals surface area (Å²) >= 11 is 3.63. The van der Waals surface area contributed by atoms with Crippen molar-refractivity contribution in [2.45, 2.75) is 56.5 Å². The van der Waals surface area contributed by atoms with Crippen molar-refractivity contribution in [3.63, 3.8) is 0 Å². The third-order valence-electron chi connectivity index (χ3n) is 4.95. The number of carbonyl (C=O) groups excluding carboxylic acids is 1. The van der Waals surface area contributed by atoms with E-state index in [1.54, 1.807) is 11.8 Å². The number of hydrogen-bond donors (Lipinski definition) is 0. The lowest BCUT2D eigenvalue weighted by Crippen LogP contribution is -2.59. The lowest BCUT2D eigenvalue weighted by Gasteiger charge is -2.52. The third-order valence-corrected chi connectivity index (χ3v) is 7.68. The van der Waals surface area contributed by atoms with Gasteiger partial charge < -0.3 is 9.47 Å². The first-order chi connectivity index (χ1) is 9.76. The van der Waals surface area contributed by atoms with Gasteiger partial charge in [-0.05, 0) is 19.8 Å². The molecule has 0 unspecified atom stereocenters. The standard InChI is InChI=1S/C15H24O3S2/c1-2-17-12-9-13(15(12)5-3-4-6-15)18-14(16)11-10-19-7-8-20-11/h11-13H,2-10H2,1H3/t11-,12-,13+/m1/s1. The molecule has 2 aliphatic carbocycles. The molecule has 0 aromatic carbocycles. The van der Waals surface area contributed by atoms with Gasteiger partial charge in [-0.25, -0.2) is 0 Å². The molecule has 0 aromatic heterocycles. The fraction of sp³-hybridized carbons (Fsp3) is 0.933. The maximum atomic E-state index is 12.3. The van der Waals surface area contributed by atoms with Crippen LogP contribution in [0, 0.1) is 5.41 Å². The van der Waals surface area contributed by atoms with Crippen LogP contribution >= 0.6 is 23.5 Å². The van der Waals surface area contributed by atoms with E-state index in [1.807, 2.05) is 11.8 Å². The van der Waals surface area contributed by atoms with Crippen molar-refractivity contribution in [3.8, 4) is 0 Å². The summed E-state index contributed by atoms with van der Waals surface area (Å²) in [5.41, 5.74) is 0.151. The molecule has 0 N–H and O–H groups in total. The average Bonchev–Trinajstić information content (AvgIpc) is 2.99. The summed E-state index contributed by atoms with van der Waals surface area (Å²) in [4.78, 5) is 12.3. The molecule has 2 saturated carbocycles. The second-order valence-corrected chi connectivity index (χ2v) is 8.44. The van der Waals surface area contributed by atoms with Gasteiger partial charge in [-0.3, -0.25) is 4.79 Å². The molecule has 20 heavy (non-hydrogen) atoms. The molecule has 114 valence electrons. The van der Waals surface area contributed by atoms with Gasteiger partial charge >= 0.3 is 5.97 Å². The van der Waals surface area contributed by atoms with Crippen LogP contribution < -0.4 is 0 Å². The quantitative estimate of drug-likeness (QED) is 0.745. The number of ether oxygens (including phenoxy) is 2. The van der Waals surface area contributed by atoms with Gasteiger partial charge in [0.2, 0.25) is 0 Å². The third kappa shape index (κ3) is 2.73. The molecule has 0 radical (unpaired) electrons. The molecule has 3 fully saturated rings. The van der Waals surface area contributed by atoms with Crippen LogP contribution in [-0.4, -0.2) is 47.3 Å². The molecule has 5 heteroatoms. The zero-order chi connectivity index (χ0) is 14.0. The second-order valence-electron chi connectivity index (χ2n) is 5.98. The number of hydrogen-bond acceptors (Lipinski definition) is 5. The average molecular weight is 316 g/mol. The monoisotopic (exact) mass is 316 g/mol. The van der Waals surface area contributed by atoms with E-state index in [-0.39, 0.29) is 22.7 Å². The molecule has 1 aliphatic heterocycles. The van der Waals surface area contributed by atoms with Crippen LogP contribution in [0.5, 0.6) is 0 Å². The van der Waals surface area contributed by atoms with Gasteiger partial charge in [0.1, 0.15) is 11.4 Å². The summed E-state index contributed by atoms with van der Waals surface area (Å²) in [7, 11) is 0. The molecule has 3 nitrogen and oxygen atoms in total. The van der Waals surface area contributed by atoms with Crippen molar-refractivity contribution in [2.75, 3.05) is 23.9 Å². The van der Waals surface area contributed by atoms with Crippen LogP contribution in [0.4, 0.5) is 0 Å². The molecular weight excluding hydrogens is 292 g/mol. The van der Waals surface area contributed by atoms with Crippen LogP contribution in [-0.2, 0) is 14.3 Å². The summed E-state index contributed by atoms with van der Waals surface area (Å²) in [6.07, 6.45) is 6.19. The van der Waals surface area contributed by atoms with Crippen LogP contribution in [0.2, 0.25) is 0 Å². The van der Waals surface area contributed by atoms with Crippen LogP contribution in [0.3, 0.4) is 0 Å². The summed E-state index contributed by atoms with van der Waals surface area (Å²) in [6, 6.07) is 0. The number of esters is 1. The summed E-state index contributed by atoms with van der Waals surface area (Å²) in [5.74, 6) is 3.17. The van der Waals surface area contributed by atoms with Gasteiger partial charge in [-0.2, -0.15) is 11.8 Å². The zero-order valence-electron chi connectivity index (χ0n) is 12.1. The maximum Gasteiger partial charge on any atom is 0.320 e. The molecule has 3 rings (SSSR count). The van der Waals surface area contributed by atoms with Crippen molar-refractivity contribution in [1.29, 1.82) is 0 Å². The topological polar surface area (TPSA) is 35.5 Å². The molecule has 0 aromatic rings. The van der Waals surface area contributed by atoms with E-state index in [0.29, 0.717) is 6.10 Å². The molecule has 1 saturated heterocycles. The minimum Gasteiger partial charge on any atom is -0.461 e. The van der Waals surface area contributed by atoms with Crippen LogP contribution in [0.25, 0.3) is 0 Å². The summed E-state index contributed by atoms with van der Waals surface area (Å²) in [5, 5.41) is 0.0540. The minimum atomic E-state index is 0.0217. The zero-order valence-corrected chi connectivity index (χ0v) is 13.8. The fourth-order valence-corrected chi connectivity index (χ4v) is 6.35. The Bertz CT molecular complexity index is 349. The predicted molar refractivity (Wildman–Crippen MR) is 84.4 cm³/mol. The van der Waals surface area contributed by atoms with Crippen molar-refractivity contribution in [2.24, 2.45) is 5.41 Å². The van der Waals surface area contributed by atoms with Crippen LogP contribution in [0.15, 0.2) is 0 Å². The van der Waals surface area contributed by atoms with E-state index in [2.05, 4.69) is 6.92 Å². The van der Waals surface area contributed by atoms with Gasteiger partial charge in [0, 0.05) is 35.7 Å². The lowest BCUT2D eigenvalue weighted by atomic mass is 9.62. The molecule has 0 amide bonds. The molecule has 3 aliphatic rings. The number of carbonyl (C=O) groups is 1. The smallest absolute Gasteiger partial charge is 0.320 e. The normalized spacial score (nSPS) is 35.8. The van der Waals surface area contributed by atoms with Gasteiger partial charge in [-0.15, -0.1) is 11.8 Å².